The van der Waals surface area contributed by atoms with Crippen LogP contribution in [0.3, 0.4) is 0 Å². The second-order valence-electron chi connectivity index (χ2n) is 7.86. The lowest BCUT2D eigenvalue weighted by molar-refractivity contribution is -0.114. The highest BCUT2D eigenvalue weighted by Crippen LogP contribution is 2.23. The summed E-state index contributed by atoms with van der Waals surface area (Å²) in [7, 11) is -5.81. The van der Waals surface area contributed by atoms with Crippen molar-refractivity contribution >= 4 is 37.3 Å². The summed E-state index contributed by atoms with van der Waals surface area (Å²) in [5.41, 5.74) is 0.699. The van der Waals surface area contributed by atoms with Crippen molar-refractivity contribution in [2.75, 3.05) is 42.6 Å². The molecule has 0 spiro atoms. The van der Waals surface area contributed by atoms with Crippen LogP contribution < -0.4 is 14.4 Å². The average molecular weight is 496 g/mol. The number of anilines is 2. The van der Waals surface area contributed by atoms with E-state index in [1.54, 1.807) is 24.3 Å². The van der Waals surface area contributed by atoms with Crippen LogP contribution in [-0.2, 0) is 24.8 Å². The standard InChI is InChI=1S/C22H29N3O6S2/c1-31-20-11-9-19(10-12-20)25(32(2,27)28)17-22(26)23-18-7-13-21(14-8-18)33(29,30)24-15-5-3-4-6-16-24/h7-14H,3-6,15-17H2,1-2H3,(H,23,26). The van der Waals surface area contributed by atoms with Gasteiger partial charge in [-0.15, -0.1) is 0 Å². The van der Waals surface area contributed by atoms with Crippen LogP contribution in [0.25, 0.3) is 0 Å². The van der Waals surface area contributed by atoms with Gasteiger partial charge in [0.2, 0.25) is 26.0 Å². The zero-order valence-corrected chi connectivity index (χ0v) is 20.4. The van der Waals surface area contributed by atoms with E-state index in [4.69, 9.17) is 4.74 Å². The molecule has 0 atom stereocenters. The quantitative estimate of drug-likeness (QED) is 0.602. The number of nitrogens with one attached hydrogen (secondary N) is 1. The minimum Gasteiger partial charge on any atom is -0.497 e. The first-order chi connectivity index (χ1) is 15.6. The summed E-state index contributed by atoms with van der Waals surface area (Å²) in [5.74, 6) is 0.00578. The molecule has 33 heavy (non-hydrogen) atoms. The summed E-state index contributed by atoms with van der Waals surface area (Å²) in [5, 5.41) is 2.63. The number of rotatable bonds is 8. The lowest BCUT2D eigenvalue weighted by Gasteiger charge is -2.22. The highest BCUT2D eigenvalue weighted by atomic mass is 32.2. The first-order valence-electron chi connectivity index (χ1n) is 10.6. The van der Waals surface area contributed by atoms with Gasteiger partial charge in [0.05, 0.1) is 23.9 Å². The Labute approximate surface area is 195 Å². The van der Waals surface area contributed by atoms with Crippen molar-refractivity contribution < 1.29 is 26.4 Å². The van der Waals surface area contributed by atoms with E-state index in [1.807, 2.05) is 0 Å². The fourth-order valence-electron chi connectivity index (χ4n) is 3.62. The maximum atomic E-state index is 12.9. The first-order valence-corrected chi connectivity index (χ1v) is 13.9. The van der Waals surface area contributed by atoms with Gasteiger partial charge in [-0.1, -0.05) is 12.8 Å². The third kappa shape index (κ3) is 6.46. The van der Waals surface area contributed by atoms with E-state index in [-0.39, 0.29) is 4.90 Å². The van der Waals surface area contributed by atoms with Crippen molar-refractivity contribution in [3.05, 3.63) is 48.5 Å². The second-order valence-corrected chi connectivity index (χ2v) is 11.7. The van der Waals surface area contributed by atoms with E-state index in [1.165, 1.54) is 35.7 Å². The molecule has 1 fully saturated rings. The summed E-state index contributed by atoms with van der Waals surface area (Å²) in [6.07, 6.45) is 4.76. The highest BCUT2D eigenvalue weighted by Gasteiger charge is 2.25. The number of benzene rings is 2. The predicted octanol–water partition coefficient (Wildman–Crippen LogP) is 2.66. The number of nitrogens with zero attached hydrogens (tertiary/aromatic N) is 2. The number of ether oxygens (including phenoxy) is 1. The number of carbonyl (C=O) groups is 1. The monoisotopic (exact) mass is 495 g/mol. The summed E-state index contributed by atoms with van der Waals surface area (Å²) in [4.78, 5) is 12.7. The Balaban J connectivity index is 1.70. The smallest absolute Gasteiger partial charge is 0.245 e. The van der Waals surface area contributed by atoms with Gasteiger partial charge in [0.1, 0.15) is 12.3 Å². The average Bonchev–Trinajstić information content (AvgIpc) is 3.07. The molecule has 0 saturated carbocycles. The fraction of sp³-hybridized carbons (Fsp3) is 0.409. The van der Waals surface area contributed by atoms with Crippen molar-refractivity contribution in [3.8, 4) is 5.75 Å². The van der Waals surface area contributed by atoms with Crippen LogP contribution in [0.2, 0.25) is 0 Å². The second kappa shape index (κ2) is 10.5. The largest absolute Gasteiger partial charge is 0.497 e. The Kier molecular flexibility index (Phi) is 7.98. The minimum absolute atomic E-state index is 0.165. The molecule has 3 rings (SSSR count). The molecule has 0 unspecified atom stereocenters. The minimum atomic E-state index is -3.72. The molecule has 1 aliphatic rings. The maximum Gasteiger partial charge on any atom is 0.245 e. The molecular formula is C22H29N3O6S2. The molecule has 2 aromatic carbocycles. The third-order valence-electron chi connectivity index (χ3n) is 5.39. The summed E-state index contributed by atoms with van der Waals surface area (Å²) >= 11 is 0. The Morgan fingerprint density at radius 1 is 0.939 bits per heavy atom. The molecule has 180 valence electrons. The van der Waals surface area contributed by atoms with E-state index in [0.717, 1.165) is 36.2 Å². The molecular weight excluding hydrogens is 466 g/mol. The lowest BCUT2D eigenvalue weighted by Crippen LogP contribution is -2.37. The molecule has 1 heterocycles. The molecule has 0 aliphatic carbocycles. The Morgan fingerprint density at radius 2 is 1.52 bits per heavy atom. The molecule has 11 heteroatoms. The molecule has 0 bridgehead atoms. The van der Waals surface area contributed by atoms with Crippen LogP contribution in [0.15, 0.2) is 53.4 Å². The molecule has 0 radical (unpaired) electrons. The number of carbonyl (C=O) groups excluding carboxylic acids is 1. The van der Waals surface area contributed by atoms with Gasteiger partial charge < -0.3 is 10.1 Å². The number of sulfonamides is 2. The van der Waals surface area contributed by atoms with Gasteiger partial charge in [0.15, 0.2) is 0 Å². The molecule has 1 saturated heterocycles. The maximum absolute atomic E-state index is 12.9. The molecule has 2 aromatic rings. The van der Waals surface area contributed by atoms with Crippen LogP contribution in [-0.4, -0.2) is 60.0 Å². The van der Waals surface area contributed by atoms with E-state index in [0.29, 0.717) is 30.2 Å². The molecule has 1 amide bonds. The number of amides is 1. The Morgan fingerprint density at radius 3 is 2.03 bits per heavy atom. The van der Waals surface area contributed by atoms with Gasteiger partial charge in [-0.3, -0.25) is 9.10 Å². The van der Waals surface area contributed by atoms with Crippen molar-refractivity contribution in [2.45, 2.75) is 30.6 Å². The zero-order chi connectivity index (χ0) is 24.1. The van der Waals surface area contributed by atoms with Crippen LogP contribution in [0.5, 0.6) is 5.75 Å². The third-order valence-corrected chi connectivity index (χ3v) is 8.44. The molecule has 1 aliphatic heterocycles. The number of hydrogen-bond acceptors (Lipinski definition) is 6. The van der Waals surface area contributed by atoms with Gasteiger partial charge in [-0.2, -0.15) is 4.31 Å². The lowest BCUT2D eigenvalue weighted by atomic mass is 10.2. The Bertz CT molecular complexity index is 1160. The van der Waals surface area contributed by atoms with Crippen molar-refractivity contribution in [3.63, 3.8) is 0 Å². The number of hydrogen-bond donors (Lipinski definition) is 1. The number of methoxy groups -OCH3 is 1. The summed E-state index contributed by atoms with van der Waals surface area (Å²) < 4.78 is 57.8. The predicted molar refractivity (Wildman–Crippen MR) is 127 cm³/mol. The highest BCUT2D eigenvalue weighted by molar-refractivity contribution is 7.92. The van der Waals surface area contributed by atoms with Gasteiger partial charge in [-0.25, -0.2) is 16.8 Å². The van der Waals surface area contributed by atoms with Gasteiger partial charge >= 0.3 is 0 Å². The van der Waals surface area contributed by atoms with Crippen LogP contribution in [0, 0.1) is 0 Å². The summed E-state index contributed by atoms with van der Waals surface area (Å²) in [6, 6.07) is 12.2. The van der Waals surface area contributed by atoms with Gasteiger partial charge in [0, 0.05) is 18.8 Å². The first kappa shape index (κ1) is 25.0. The van der Waals surface area contributed by atoms with Gasteiger partial charge in [0.25, 0.3) is 0 Å². The Hall–Kier alpha value is -2.63. The van der Waals surface area contributed by atoms with Crippen molar-refractivity contribution in [1.82, 2.24) is 4.31 Å². The normalized spacial score (nSPS) is 15.5. The molecule has 0 aromatic heterocycles. The zero-order valence-electron chi connectivity index (χ0n) is 18.7. The van der Waals surface area contributed by atoms with Gasteiger partial charge in [-0.05, 0) is 61.4 Å². The van der Waals surface area contributed by atoms with E-state index < -0.39 is 32.5 Å². The van der Waals surface area contributed by atoms with Crippen molar-refractivity contribution in [2.24, 2.45) is 0 Å². The molecule has 9 nitrogen and oxygen atoms in total. The fourth-order valence-corrected chi connectivity index (χ4v) is 5.99. The molecule has 1 N–H and O–H groups in total. The van der Waals surface area contributed by atoms with Crippen LogP contribution in [0.4, 0.5) is 11.4 Å². The topological polar surface area (TPSA) is 113 Å². The van der Waals surface area contributed by atoms with Crippen LogP contribution >= 0.6 is 0 Å². The van der Waals surface area contributed by atoms with E-state index in [2.05, 4.69) is 5.32 Å². The van der Waals surface area contributed by atoms with E-state index >= 15 is 0 Å². The van der Waals surface area contributed by atoms with Crippen molar-refractivity contribution in [1.29, 1.82) is 0 Å². The summed E-state index contributed by atoms with van der Waals surface area (Å²) in [6.45, 7) is 0.583. The van der Waals surface area contributed by atoms with E-state index in [9.17, 15) is 21.6 Å². The van der Waals surface area contributed by atoms with Crippen LogP contribution in [0.1, 0.15) is 25.7 Å². The SMILES string of the molecule is COc1ccc(N(CC(=O)Nc2ccc(S(=O)(=O)N3CCCCCC3)cc2)S(C)(=O)=O)cc1.